The van der Waals surface area contributed by atoms with E-state index in [2.05, 4.69) is 59.2 Å². The van der Waals surface area contributed by atoms with Crippen LogP contribution in [0.3, 0.4) is 0 Å². The lowest BCUT2D eigenvalue weighted by Crippen LogP contribution is -2.11. The lowest BCUT2D eigenvalue weighted by atomic mass is 10.0. The first kappa shape index (κ1) is 36.0. The summed E-state index contributed by atoms with van der Waals surface area (Å²) >= 11 is 12.0. The van der Waals surface area contributed by atoms with Gasteiger partial charge < -0.3 is 20.1 Å². The lowest BCUT2D eigenvalue weighted by Gasteiger charge is -2.10. The van der Waals surface area contributed by atoms with Gasteiger partial charge in [-0.2, -0.15) is 0 Å². The van der Waals surface area contributed by atoms with E-state index in [9.17, 15) is 9.59 Å². The number of anilines is 2. The standard InChI is InChI=1S/C46H34Cl2N2O4/c47-39-5-1-3-37(27-39)45(51)49-41-19-7-31(8-20-41)29-53-43-23-15-35(16-24-43)33-11-13-34(14-12-33)36-17-25-44(26-18-36)54-30-32-9-21-42(22-10-32)50-46(52)38-4-2-6-40(48)28-38/h1-28H,29-30H2,(H,49,51)(H,50,52). The van der Waals surface area contributed by atoms with Crippen LogP contribution < -0.4 is 20.1 Å². The van der Waals surface area contributed by atoms with Crippen molar-refractivity contribution < 1.29 is 19.1 Å². The fourth-order valence-corrected chi connectivity index (χ4v) is 6.09. The first-order chi connectivity index (χ1) is 26.3. The molecule has 0 saturated carbocycles. The molecular weight excluding hydrogens is 715 g/mol. The number of ether oxygens (including phenoxy) is 2. The molecule has 0 unspecified atom stereocenters. The van der Waals surface area contributed by atoms with Gasteiger partial charge in [-0.25, -0.2) is 0 Å². The molecule has 54 heavy (non-hydrogen) atoms. The van der Waals surface area contributed by atoms with E-state index in [1.165, 1.54) is 0 Å². The maximum atomic E-state index is 12.5. The van der Waals surface area contributed by atoms with Gasteiger partial charge in [0, 0.05) is 32.5 Å². The molecule has 6 nitrogen and oxygen atoms in total. The molecule has 8 heteroatoms. The molecule has 2 amide bonds. The molecule has 0 spiro atoms. The third-order valence-electron chi connectivity index (χ3n) is 8.67. The van der Waals surface area contributed by atoms with Crippen LogP contribution in [0.15, 0.2) is 170 Å². The van der Waals surface area contributed by atoms with Gasteiger partial charge in [-0.15, -0.1) is 0 Å². The second kappa shape index (κ2) is 17.0. The summed E-state index contributed by atoms with van der Waals surface area (Å²) in [5.74, 6) is 1.11. The summed E-state index contributed by atoms with van der Waals surface area (Å²) in [6, 6.07) is 53.4. The summed E-state index contributed by atoms with van der Waals surface area (Å²) in [5, 5.41) is 6.81. The van der Waals surface area contributed by atoms with Crippen LogP contribution in [-0.2, 0) is 13.2 Å². The number of nitrogens with one attached hydrogen (secondary N) is 2. The Morgan fingerprint density at radius 2 is 0.759 bits per heavy atom. The average Bonchev–Trinajstić information content (AvgIpc) is 3.21. The van der Waals surface area contributed by atoms with Crippen molar-refractivity contribution in [3.63, 3.8) is 0 Å². The highest BCUT2D eigenvalue weighted by atomic mass is 35.5. The molecular formula is C46H34Cl2N2O4. The summed E-state index contributed by atoms with van der Waals surface area (Å²) in [4.78, 5) is 25.0. The highest BCUT2D eigenvalue weighted by Crippen LogP contribution is 2.28. The largest absolute Gasteiger partial charge is 0.489 e. The van der Waals surface area contributed by atoms with Crippen LogP contribution in [0.25, 0.3) is 22.3 Å². The van der Waals surface area contributed by atoms with Crippen LogP contribution in [0.1, 0.15) is 31.8 Å². The molecule has 7 aromatic rings. The van der Waals surface area contributed by atoms with E-state index in [1.807, 2.05) is 72.8 Å². The van der Waals surface area contributed by atoms with Crippen molar-refractivity contribution in [1.82, 2.24) is 0 Å². The Morgan fingerprint density at radius 3 is 1.09 bits per heavy atom. The SMILES string of the molecule is O=C(Nc1ccc(COc2ccc(-c3ccc(-c4ccc(OCc5ccc(NC(=O)c6cccc(Cl)c6)cc5)cc4)cc3)cc2)cc1)c1cccc(Cl)c1. The van der Waals surface area contributed by atoms with Crippen molar-refractivity contribution in [1.29, 1.82) is 0 Å². The number of hydrogen-bond acceptors (Lipinski definition) is 4. The summed E-state index contributed by atoms with van der Waals surface area (Å²) < 4.78 is 12.0. The molecule has 0 bridgehead atoms. The van der Waals surface area contributed by atoms with Crippen molar-refractivity contribution in [3.05, 3.63) is 202 Å². The fourth-order valence-electron chi connectivity index (χ4n) is 5.71. The van der Waals surface area contributed by atoms with Gasteiger partial charge in [0.05, 0.1) is 0 Å². The molecule has 0 aliphatic heterocycles. The summed E-state index contributed by atoms with van der Waals surface area (Å²) in [6.07, 6.45) is 0. The maximum absolute atomic E-state index is 12.5. The minimum Gasteiger partial charge on any atom is -0.489 e. The van der Waals surface area contributed by atoms with Crippen molar-refractivity contribution in [2.45, 2.75) is 13.2 Å². The van der Waals surface area contributed by atoms with Crippen LogP contribution in [0.2, 0.25) is 10.0 Å². The zero-order valence-electron chi connectivity index (χ0n) is 29.0. The number of amides is 2. The molecule has 0 heterocycles. The molecule has 7 aromatic carbocycles. The van der Waals surface area contributed by atoms with E-state index in [1.54, 1.807) is 48.5 Å². The second-order valence-corrected chi connectivity index (χ2v) is 13.4. The maximum Gasteiger partial charge on any atom is 0.255 e. The number of carbonyl (C=O) groups excluding carboxylic acids is 2. The smallest absolute Gasteiger partial charge is 0.255 e. The Hall–Kier alpha value is -6.34. The molecule has 266 valence electrons. The van der Waals surface area contributed by atoms with Gasteiger partial charge in [-0.05, 0) is 118 Å². The quantitative estimate of drug-likeness (QED) is 0.130. The highest BCUT2D eigenvalue weighted by Gasteiger charge is 2.09. The van der Waals surface area contributed by atoms with E-state index < -0.39 is 0 Å². The van der Waals surface area contributed by atoms with E-state index in [0.29, 0.717) is 45.8 Å². The molecule has 7 rings (SSSR count). The monoisotopic (exact) mass is 748 g/mol. The summed E-state index contributed by atoms with van der Waals surface area (Å²) in [7, 11) is 0. The third-order valence-corrected chi connectivity index (χ3v) is 9.14. The minimum atomic E-state index is -0.214. The average molecular weight is 750 g/mol. The highest BCUT2D eigenvalue weighted by molar-refractivity contribution is 6.31. The van der Waals surface area contributed by atoms with E-state index in [0.717, 1.165) is 44.9 Å². The van der Waals surface area contributed by atoms with Crippen LogP contribution in [0.4, 0.5) is 11.4 Å². The van der Waals surface area contributed by atoms with Gasteiger partial charge in [-0.1, -0.05) is 108 Å². The van der Waals surface area contributed by atoms with Crippen LogP contribution >= 0.6 is 23.2 Å². The van der Waals surface area contributed by atoms with E-state index >= 15 is 0 Å². The van der Waals surface area contributed by atoms with Crippen LogP contribution in [0.5, 0.6) is 11.5 Å². The van der Waals surface area contributed by atoms with Crippen molar-refractivity contribution in [2.75, 3.05) is 10.6 Å². The Bertz CT molecular complexity index is 2190. The van der Waals surface area contributed by atoms with Gasteiger partial charge in [0.1, 0.15) is 24.7 Å². The van der Waals surface area contributed by atoms with Gasteiger partial charge >= 0.3 is 0 Å². The van der Waals surface area contributed by atoms with E-state index in [-0.39, 0.29) is 11.8 Å². The number of halogens is 2. The van der Waals surface area contributed by atoms with Gasteiger partial charge in [0.25, 0.3) is 11.8 Å². The predicted molar refractivity (Wildman–Crippen MR) is 218 cm³/mol. The summed E-state index contributed by atoms with van der Waals surface area (Å²) in [5.41, 5.74) is 8.77. The number of rotatable bonds is 12. The molecule has 0 atom stereocenters. The molecule has 0 aliphatic rings. The van der Waals surface area contributed by atoms with Gasteiger partial charge in [0.15, 0.2) is 0 Å². The molecule has 0 aromatic heterocycles. The normalized spacial score (nSPS) is 10.7. The zero-order valence-corrected chi connectivity index (χ0v) is 30.5. The number of hydrogen-bond donors (Lipinski definition) is 2. The third kappa shape index (κ3) is 9.55. The zero-order chi connectivity index (χ0) is 37.3. The Labute approximate surface area is 323 Å². The topological polar surface area (TPSA) is 76.7 Å². The van der Waals surface area contributed by atoms with E-state index in [4.69, 9.17) is 32.7 Å². The Morgan fingerprint density at radius 1 is 0.426 bits per heavy atom. The molecule has 0 radical (unpaired) electrons. The Balaban J connectivity index is 0.868. The number of benzene rings is 7. The van der Waals surface area contributed by atoms with Crippen LogP contribution in [0, 0.1) is 0 Å². The molecule has 2 N–H and O–H groups in total. The van der Waals surface area contributed by atoms with Crippen molar-refractivity contribution in [2.24, 2.45) is 0 Å². The predicted octanol–water partition coefficient (Wildman–Crippen LogP) is 12.0. The molecule has 0 aliphatic carbocycles. The first-order valence-corrected chi connectivity index (χ1v) is 18.0. The Kier molecular flexibility index (Phi) is 11.3. The van der Waals surface area contributed by atoms with Crippen molar-refractivity contribution >= 4 is 46.4 Å². The molecule has 0 fully saturated rings. The van der Waals surface area contributed by atoms with Gasteiger partial charge in [0.2, 0.25) is 0 Å². The fraction of sp³-hybridized carbons (Fsp3) is 0.0435. The lowest BCUT2D eigenvalue weighted by molar-refractivity contribution is 0.101. The van der Waals surface area contributed by atoms with Crippen LogP contribution in [-0.4, -0.2) is 11.8 Å². The number of carbonyl (C=O) groups is 2. The minimum absolute atomic E-state index is 0.214. The van der Waals surface area contributed by atoms with Gasteiger partial charge in [-0.3, -0.25) is 9.59 Å². The summed E-state index contributed by atoms with van der Waals surface area (Å²) in [6.45, 7) is 0.807. The molecule has 0 saturated heterocycles. The first-order valence-electron chi connectivity index (χ1n) is 17.2. The van der Waals surface area contributed by atoms with Crippen molar-refractivity contribution in [3.8, 4) is 33.8 Å². The second-order valence-electron chi connectivity index (χ2n) is 12.5.